The molecule has 110 valence electrons. The number of nitrogens with one attached hydrogen (secondary N) is 1. The Kier molecular flexibility index (Phi) is 3.83. The van der Waals surface area contributed by atoms with Crippen LogP contribution in [0.1, 0.15) is 22.6 Å². The molecule has 0 spiro atoms. The van der Waals surface area contributed by atoms with E-state index in [2.05, 4.69) is 4.98 Å². The van der Waals surface area contributed by atoms with Crippen LogP contribution in [-0.4, -0.2) is 4.98 Å². The van der Waals surface area contributed by atoms with Crippen molar-refractivity contribution in [2.45, 2.75) is 5.92 Å². The number of benzene rings is 2. The molecule has 2 nitrogen and oxygen atoms in total. The van der Waals surface area contributed by atoms with E-state index < -0.39 is 0 Å². The first-order valence-electron chi connectivity index (χ1n) is 6.83. The minimum atomic E-state index is -0.317. The fourth-order valence-corrected chi connectivity index (χ4v) is 2.49. The Morgan fingerprint density at radius 3 is 1.55 bits per heavy atom. The molecule has 0 aliphatic heterocycles. The van der Waals surface area contributed by atoms with E-state index in [1.54, 1.807) is 36.5 Å². The first kappa shape index (κ1) is 14.2. The third-order valence-electron chi connectivity index (χ3n) is 3.55. The Labute approximate surface area is 126 Å². The number of aromatic amines is 1. The van der Waals surface area contributed by atoms with Crippen molar-refractivity contribution in [2.75, 3.05) is 0 Å². The minimum Gasteiger partial charge on any atom is -0.329 e. The zero-order valence-corrected chi connectivity index (χ0v) is 11.6. The Balaban J connectivity index is 2.12. The van der Waals surface area contributed by atoms with Gasteiger partial charge in [0.2, 0.25) is 5.56 Å². The first-order valence-corrected chi connectivity index (χ1v) is 6.83. The van der Waals surface area contributed by atoms with Crippen LogP contribution in [0.4, 0.5) is 8.78 Å². The number of aromatic nitrogens is 1. The van der Waals surface area contributed by atoms with Crippen LogP contribution in [0.2, 0.25) is 0 Å². The van der Waals surface area contributed by atoms with Crippen LogP contribution in [0, 0.1) is 11.6 Å². The zero-order chi connectivity index (χ0) is 15.5. The van der Waals surface area contributed by atoms with Gasteiger partial charge in [0.05, 0.1) is 0 Å². The number of rotatable bonds is 3. The van der Waals surface area contributed by atoms with Crippen molar-refractivity contribution >= 4 is 0 Å². The van der Waals surface area contributed by atoms with Crippen LogP contribution in [0.15, 0.2) is 71.7 Å². The van der Waals surface area contributed by atoms with Crippen LogP contribution < -0.4 is 5.56 Å². The second kappa shape index (κ2) is 5.93. The van der Waals surface area contributed by atoms with Crippen molar-refractivity contribution in [3.05, 3.63) is 106 Å². The minimum absolute atomic E-state index is 0.194. The molecule has 0 saturated heterocycles. The van der Waals surface area contributed by atoms with Gasteiger partial charge in [-0.05, 0) is 41.0 Å². The van der Waals surface area contributed by atoms with E-state index in [4.69, 9.17) is 0 Å². The molecule has 22 heavy (non-hydrogen) atoms. The van der Waals surface area contributed by atoms with Crippen molar-refractivity contribution in [1.82, 2.24) is 4.98 Å². The molecule has 0 fully saturated rings. The summed E-state index contributed by atoms with van der Waals surface area (Å²) in [6.45, 7) is 0. The highest BCUT2D eigenvalue weighted by Gasteiger charge is 2.17. The highest BCUT2D eigenvalue weighted by atomic mass is 19.1. The molecule has 1 aromatic heterocycles. The molecule has 2 aromatic carbocycles. The molecule has 1 heterocycles. The van der Waals surface area contributed by atoms with E-state index in [-0.39, 0.29) is 23.1 Å². The van der Waals surface area contributed by atoms with E-state index in [1.165, 1.54) is 30.3 Å². The maximum Gasteiger partial charge on any atom is 0.247 e. The van der Waals surface area contributed by atoms with Crippen LogP contribution in [0.25, 0.3) is 0 Å². The van der Waals surface area contributed by atoms with E-state index >= 15 is 0 Å². The van der Waals surface area contributed by atoms with Crippen molar-refractivity contribution in [3.63, 3.8) is 0 Å². The SMILES string of the molecule is O=c1ccc(C(c2ccc(F)cc2)c2ccc(F)cc2)c[nH]1. The Morgan fingerprint density at radius 1 is 0.682 bits per heavy atom. The molecule has 0 unspecified atom stereocenters. The van der Waals surface area contributed by atoms with Gasteiger partial charge in [0.25, 0.3) is 0 Å². The summed E-state index contributed by atoms with van der Waals surface area (Å²) in [5, 5.41) is 0. The standard InChI is InChI=1S/C18H13F2NO/c19-15-6-1-12(2-7-15)18(13-3-8-16(20)9-4-13)14-5-10-17(22)21-11-14/h1-11,18H,(H,21,22). The number of hydrogen-bond acceptors (Lipinski definition) is 1. The lowest BCUT2D eigenvalue weighted by atomic mass is 9.86. The van der Waals surface area contributed by atoms with Crippen molar-refractivity contribution < 1.29 is 8.78 Å². The van der Waals surface area contributed by atoms with Gasteiger partial charge in [-0.25, -0.2) is 8.78 Å². The number of pyridine rings is 1. The largest absolute Gasteiger partial charge is 0.329 e. The van der Waals surface area contributed by atoms with Gasteiger partial charge in [0, 0.05) is 18.2 Å². The summed E-state index contributed by atoms with van der Waals surface area (Å²) in [7, 11) is 0. The van der Waals surface area contributed by atoms with E-state index in [1.807, 2.05) is 0 Å². The van der Waals surface area contributed by atoms with Gasteiger partial charge in [-0.1, -0.05) is 30.3 Å². The highest BCUT2D eigenvalue weighted by molar-refractivity contribution is 5.42. The van der Waals surface area contributed by atoms with Crippen LogP contribution in [0.5, 0.6) is 0 Å². The molecule has 0 saturated carbocycles. The fourth-order valence-electron chi connectivity index (χ4n) is 2.49. The van der Waals surface area contributed by atoms with Gasteiger partial charge in [-0.3, -0.25) is 4.79 Å². The predicted molar refractivity (Wildman–Crippen MR) is 80.8 cm³/mol. The topological polar surface area (TPSA) is 32.9 Å². The van der Waals surface area contributed by atoms with Crippen molar-refractivity contribution in [3.8, 4) is 0 Å². The molecule has 0 aliphatic carbocycles. The van der Waals surface area contributed by atoms with Crippen LogP contribution >= 0.6 is 0 Å². The molecular weight excluding hydrogens is 284 g/mol. The normalized spacial score (nSPS) is 10.9. The summed E-state index contributed by atoms with van der Waals surface area (Å²) in [6, 6.07) is 15.5. The number of halogens is 2. The number of hydrogen-bond donors (Lipinski definition) is 1. The molecular formula is C18H13F2NO. The highest BCUT2D eigenvalue weighted by Crippen LogP contribution is 2.31. The second-order valence-corrected chi connectivity index (χ2v) is 5.02. The van der Waals surface area contributed by atoms with E-state index in [0.29, 0.717) is 0 Å². The average molecular weight is 297 g/mol. The number of H-pyrrole nitrogens is 1. The first-order chi connectivity index (χ1) is 10.6. The molecule has 4 heteroatoms. The fraction of sp³-hybridized carbons (Fsp3) is 0.0556. The smallest absolute Gasteiger partial charge is 0.247 e. The summed E-state index contributed by atoms with van der Waals surface area (Å²) < 4.78 is 26.3. The van der Waals surface area contributed by atoms with Gasteiger partial charge < -0.3 is 4.98 Å². The molecule has 0 amide bonds. The van der Waals surface area contributed by atoms with Gasteiger partial charge in [-0.2, -0.15) is 0 Å². The lowest BCUT2D eigenvalue weighted by molar-refractivity contribution is 0.626. The average Bonchev–Trinajstić information content (AvgIpc) is 2.53. The third kappa shape index (κ3) is 2.96. The van der Waals surface area contributed by atoms with Crippen LogP contribution in [0.3, 0.4) is 0 Å². The summed E-state index contributed by atoms with van der Waals surface area (Å²) >= 11 is 0. The molecule has 1 N–H and O–H groups in total. The van der Waals surface area contributed by atoms with E-state index in [0.717, 1.165) is 16.7 Å². The maximum absolute atomic E-state index is 13.2. The molecule has 0 bridgehead atoms. The second-order valence-electron chi connectivity index (χ2n) is 5.02. The summed E-state index contributed by atoms with van der Waals surface area (Å²) in [5.41, 5.74) is 2.37. The third-order valence-corrected chi connectivity index (χ3v) is 3.55. The molecule has 0 atom stereocenters. The molecule has 0 aliphatic rings. The molecule has 0 radical (unpaired) electrons. The van der Waals surface area contributed by atoms with E-state index in [9.17, 15) is 13.6 Å². The van der Waals surface area contributed by atoms with Gasteiger partial charge in [-0.15, -0.1) is 0 Å². The monoisotopic (exact) mass is 297 g/mol. The zero-order valence-electron chi connectivity index (χ0n) is 11.6. The van der Waals surface area contributed by atoms with Crippen LogP contribution in [-0.2, 0) is 0 Å². The molecule has 3 aromatic rings. The Hall–Kier alpha value is -2.75. The van der Waals surface area contributed by atoms with Gasteiger partial charge >= 0.3 is 0 Å². The summed E-state index contributed by atoms with van der Waals surface area (Å²) in [4.78, 5) is 13.9. The van der Waals surface area contributed by atoms with Gasteiger partial charge in [0.15, 0.2) is 0 Å². The van der Waals surface area contributed by atoms with Gasteiger partial charge in [0.1, 0.15) is 11.6 Å². The Morgan fingerprint density at radius 2 is 1.14 bits per heavy atom. The lowest BCUT2D eigenvalue weighted by Crippen LogP contribution is -2.08. The summed E-state index contributed by atoms with van der Waals surface area (Å²) in [6.07, 6.45) is 1.62. The Bertz CT molecular complexity index is 757. The predicted octanol–water partition coefficient (Wildman–Crippen LogP) is 3.83. The lowest BCUT2D eigenvalue weighted by Gasteiger charge is -2.18. The molecule has 3 rings (SSSR count). The van der Waals surface area contributed by atoms with Crippen molar-refractivity contribution in [1.29, 1.82) is 0 Å². The van der Waals surface area contributed by atoms with Crippen molar-refractivity contribution in [2.24, 2.45) is 0 Å². The quantitative estimate of drug-likeness (QED) is 0.783. The maximum atomic E-state index is 13.2. The summed E-state index contributed by atoms with van der Waals surface area (Å²) in [5.74, 6) is -0.843.